The summed E-state index contributed by atoms with van der Waals surface area (Å²) in [5, 5.41) is 0. The maximum Gasteiger partial charge on any atom is 0.309 e. The number of hydrogen-bond donors (Lipinski definition) is 0. The molecule has 0 aromatic carbocycles. The van der Waals surface area contributed by atoms with E-state index in [2.05, 4.69) is 130 Å². The third-order valence-electron chi connectivity index (χ3n) is 15.0. The highest BCUT2D eigenvalue weighted by Gasteiger charge is 2.19. The molecule has 0 radical (unpaired) electrons. The molecule has 0 aliphatic heterocycles. The van der Waals surface area contributed by atoms with Crippen LogP contribution in [0.4, 0.5) is 0 Å². The van der Waals surface area contributed by atoms with Crippen molar-refractivity contribution in [2.24, 2.45) is 0 Å². The number of allylic oxidation sites excluding steroid dienone is 19. The zero-order chi connectivity index (χ0) is 59.9. The molecule has 0 aliphatic rings. The first-order valence-corrected chi connectivity index (χ1v) is 35.0. The summed E-state index contributed by atoms with van der Waals surface area (Å²) in [7, 11) is 0. The Morgan fingerprint density at radius 1 is 0.265 bits per heavy atom. The minimum atomic E-state index is -0.825. The summed E-state index contributed by atoms with van der Waals surface area (Å²) >= 11 is 0. The summed E-state index contributed by atoms with van der Waals surface area (Å²) < 4.78 is 16.9. The summed E-state index contributed by atoms with van der Waals surface area (Å²) in [6.45, 7) is 6.44. The molecule has 0 heterocycles. The van der Waals surface area contributed by atoms with E-state index in [-0.39, 0.29) is 31.6 Å². The molecular weight excluding hydrogens is 1020 g/mol. The molecule has 474 valence electrons. The second kappa shape index (κ2) is 70.3. The predicted octanol–water partition coefficient (Wildman–Crippen LogP) is 24.3. The zero-order valence-corrected chi connectivity index (χ0v) is 54.4. The Labute approximate surface area is 513 Å². The zero-order valence-electron chi connectivity index (χ0n) is 54.4. The first-order chi connectivity index (χ1) is 41.0. The van der Waals surface area contributed by atoms with Crippen molar-refractivity contribution >= 4 is 17.9 Å². The summed E-state index contributed by atoms with van der Waals surface area (Å²) in [4.78, 5) is 38.4. The Bertz CT molecular complexity index is 1700. The van der Waals surface area contributed by atoms with Crippen LogP contribution in [0, 0.1) is 0 Å². The topological polar surface area (TPSA) is 78.9 Å². The molecule has 1 unspecified atom stereocenters. The Kier molecular flexibility index (Phi) is 66.7. The summed E-state index contributed by atoms with van der Waals surface area (Å²) in [5.74, 6) is -1.04. The number of carbonyl (C=O) groups is 3. The van der Waals surface area contributed by atoms with Gasteiger partial charge < -0.3 is 14.2 Å². The second-order valence-electron chi connectivity index (χ2n) is 23.1. The number of ether oxygens (including phenoxy) is 3. The maximum atomic E-state index is 12.9. The van der Waals surface area contributed by atoms with Crippen molar-refractivity contribution in [2.75, 3.05) is 13.2 Å². The molecule has 0 saturated carbocycles. The first kappa shape index (κ1) is 78.8. The van der Waals surface area contributed by atoms with E-state index in [9.17, 15) is 14.4 Å². The molecule has 6 heteroatoms. The lowest BCUT2D eigenvalue weighted by Crippen LogP contribution is -2.30. The molecule has 0 rings (SSSR count). The molecule has 0 aromatic heterocycles. The van der Waals surface area contributed by atoms with Crippen molar-refractivity contribution in [3.8, 4) is 0 Å². The Morgan fingerprint density at radius 3 is 0.843 bits per heavy atom. The van der Waals surface area contributed by atoms with Crippen LogP contribution in [0.3, 0.4) is 0 Å². The van der Waals surface area contributed by atoms with Gasteiger partial charge in [-0.15, -0.1) is 0 Å². The van der Waals surface area contributed by atoms with Gasteiger partial charge in [-0.05, 0) is 116 Å². The fourth-order valence-corrected chi connectivity index (χ4v) is 9.73. The number of unbranched alkanes of at least 4 members (excludes halogenated alkanes) is 33. The molecular formula is C77H130O6. The van der Waals surface area contributed by atoms with Crippen LogP contribution in [0.2, 0.25) is 0 Å². The van der Waals surface area contributed by atoms with E-state index in [0.29, 0.717) is 12.8 Å². The van der Waals surface area contributed by atoms with Crippen LogP contribution in [-0.4, -0.2) is 37.2 Å². The van der Waals surface area contributed by atoms with Crippen molar-refractivity contribution in [1.82, 2.24) is 0 Å². The predicted molar refractivity (Wildman–Crippen MR) is 362 cm³/mol. The van der Waals surface area contributed by atoms with Crippen molar-refractivity contribution < 1.29 is 28.6 Å². The number of carbonyl (C=O) groups excluding carboxylic acids is 3. The smallest absolute Gasteiger partial charge is 0.309 e. The van der Waals surface area contributed by atoms with Gasteiger partial charge in [0.2, 0.25) is 0 Å². The van der Waals surface area contributed by atoms with Crippen LogP contribution in [-0.2, 0) is 28.6 Å². The fraction of sp³-hybridized carbons (Fsp3) is 0.701. The van der Waals surface area contributed by atoms with Gasteiger partial charge in [-0.3, -0.25) is 14.4 Å². The second-order valence-corrected chi connectivity index (χ2v) is 23.1. The van der Waals surface area contributed by atoms with Crippen LogP contribution in [0.15, 0.2) is 122 Å². The average Bonchev–Trinajstić information content (AvgIpc) is 3.49. The molecule has 0 aromatic rings. The summed E-state index contributed by atoms with van der Waals surface area (Å²) in [6, 6.07) is 0. The number of hydrogen-bond acceptors (Lipinski definition) is 6. The number of esters is 3. The van der Waals surface area contributed by atoms with Crippen molar-refractivity contribution in [2.45, 2.75) is 335 Å². The van der Waals surface area contributed by atoms with Crippen LogP contribution in [0.5, 0.6) is 0 Å². The summed E-state index contributed by atoms with van der Waals surface area (Å²) in [6.07, 6.45) is 98.2. The van der Waals surface area contributed by atoms with Crippen LogP contribution >= 0.6 is 0 Å². The van der Waals surface area contributed by atoms with Crippen LogP contribution < -0.4 is 0 Å². The highest BCUT2D eigenvalue weighted by Crippen LogP contribution is 2.16. The quantitative estimate of drug-likeness (QED) is 0.0261. The first-order valence-electron chi connectivity index (χ1n) is 35.0. The molecule has 0 fully saturated rings. The normalized spacial score (nSPS) is 12.9. The molecule has 83 heavy (non-hydrogen) atoms. The van der Waals surface area contributed by atoms with E-state index in [0.717, 1.165) is 89.9 Å². The molecule has 0 amide bonds. The summed E-state index contributed by atoms with van der Waals surface area (Å²) in [5.41, 5.74) is 0. The molecule has 0 bridgehead atoms. The van der Waals surface area contributed by atoms with E-state index in [1.165, 1.54) is 199 Å². The molecule has 0 saturated heterocycles. The van der Waals surface area contributed by atoms with Crippen molar-refractivity contribution in [3.63, 3.8) is 0 Å². The molecule has 0 N–H and O–H groups in total. The van der Waals surface area contributed by atoms with Gasteiger partial charge in [0, 0.05) is 12.8 Å². The minimum Gasteiger partial charge on any atom is -0.462 e. The van der Waals surface area contributed by atoms with Crippen LogP contribution in [0.1, 0.15) is 329 Å². The Hall–Kier alpha value is -4.19. The van der Waals surface area contributed by atoms with Gasteiger partial charge in [-0.2, -0.15) is 0 Å². The van der Waals surface area contributed by atoms with Gasteiger partial charge in [0.05, 0.1) is 6.42 Å². The highest BCUT2D eigenvalue weighted by molar-refractivity contribution is 5.72. The minimum absolute atomic E-state index is 0.111. The molecule has 1 atom stereocenters. The van der Waals surface area contributed by atoms with Gasteiger partial charge in [0.15, 0.2) is 6.10 Å². The third-order valence-corrected chi connectivity index (χ3v) is 15.0. The maximum absolute atomic E-state index is 12.9. The van der Waals surface area contributed by atoms with Crippen molar-refractivity contribution in [3.05, 3.63) is 122 Å². The van der Waals surface area contributed by atoms with Gasteiger partial charge in [-0.25, -0.2) is 0 Å². The Morgan fingerprint density at radius 2 is 0.518 bits per heavy atom. The van der Waals surface area contributed by atoms with E-state index in [1.807, 2.05) is 6.08 Å². The standard InChI is InChI=1S/C77H130O6/c1-4-7-10-13-16-19-22-25-28-30-32-34-35-36-37-38-39-40-41-43-44-46-49-52-55-58-61-64-67-70-76(79)82-73-74(72-81-75(78)69-66-63-60-57-54-51-48-27-24-21-18-15-12-9-6-3)83-77(80)71-68-65-62-59-56-53-50-47-45-42-33-31-29-26-23-20-17-14-11-8-5-2/h9,12,18,21-23,25-27,30-33,35-36,48,54,57,63,66,74H,4-8,10-11,13-17,19-20,24,28-29,34,37-47,49-53,55-56,58-62,64-65,67-73H2,1-3H3/b12-9-,21-18-,25-22-,26-23-,32-30-,33-31-,36-35-,48-27-,57-54-,66-63-. The van der Waals surface area contributed by atoms with Gasteiger partial charge in [-0.1, -0.05) is 316 Å². The van der Waals surface area contributed by atoms with Gasteiger partial charge in [0.1, 0.15) is 13.2 Å². The van der Waals surface area contributed by atoms with Gasteiger partial charge >= 0.3 is 17.9 Å². The third kappa shape index (κ3) is 68.5. The van der Waals surface area contributed by atoms with E-state index in [4.69, 9.17) is 14.2 Å². The van der Waals surface area contributed by atoms with E-state index in [1.54, 1.807) is 6.08 Å². The molecule has 6 nitrogen and oxygen atoms in total. The fourth-order valence-electron chi connectivity index (χ4n) is 9.73. The van der Waals surface area contributed by atoms with Crippen molar-refractivity contribution in [1.29, 1.82) is 0 Å². The van der Waals surface area contributed by atoms with Crippen LogP contribution in [0.25, 0.3) is 0 Å². The lowest BCUT2D eigenvalue weighted by Gasteiger charge is -2.18. The Balaban J connectivity index is 4.36. The monoisotopic (exact) mass is 1150 g/mol. The largest absolute Gasteiger partial charge is 0.462 e. The lowest BCUT2D eigenvalue weighted by molar-refractivity contribution is -0.166. The molecule has 0 spiro atoms. The van der Waals surface area contributed by atoms with E-state index < -0.39 is 12.1 Å². The van der Waals surface area contributed by atoms with E-state index >= 15 is 0 Å². The number of rotatable bonds is 63. The lowest BCUT2D eigenvalue weighted by atomic mass is 10.0. The van der Waals surface area contributed by atoms with Gasteiger partial charge in [0.25, 0.3) is 0 Å². The average molecular weight is 1150 g/mol. The SMILES string of the molecule is CC/C=C\C/C=C\C/C=C\C/C=C\C/C=C\CC(=O)OCC(COC(=O)CCCCCCCCCCCCCCCC/C=C\C/C=C\C/C=C\CCCCCCC)OC(=O)CCCCCCCCCCC/C=C\C/C=C\CCCCCCC. The highest BCUT2D eigenvalue weighted by atomic mass is 16.6. The molecule has 0 aliphatic carbocycles.